The molecule has 9 nitrogen and oxygen atoms in total. The van der Waals surface area contributed by atoms with Crippen molar-refractivity contribution in [3.63, 3.8) is 0 Å². The molecule has 190 valence electrons. The molecule has 0 bridgehead atoms. The number of pyridine rings is 1. The number of methoxy groups -OCH3 is 1. The number of nitrogens with zero attached hydrogens (tertiary/aromatic N) is 1. The number of hydrogen-bond donors (Lipinski definition) is 1. The molecule has 37 heavy (non-hydrogen) atoms. The molecule has 1 N–H and O–H groups in total. The van der Waals surface area contributed by atoms with Crippen LogP contribution in [0.1, 0.15) is 28.4 Å². The van der Waals surface area contributed by atoms with Crippen LogP contribution in [-0.4, -0.2) is 37.4 Å². The van der Waals surface area contributed by atoms with Gasteiger partial charge in [-0.3, -0.25) is 9.59 Å². The van der Waals surface area contributed by atoms with E-state index in [0.29, 0.717) is 33.9 Å². The molecule has 3 aromatic carbocycles. The summed E-state index contributed by atoms with van der Waals surface area (Å²) in [7, 11) is -2.52. The Labute approximate surface area is 213 Å². The van der Waals surface area contributed by atoms with Crippen molar-refractivity contribution in [2.24, 2.45) is 0 Å². The van der Waals surface area contributed by atoms with Gasteiger partial charge in [-0.15, -0.1) is 0 Å². The lowest BCUT2D eigenvalue weighted by Crippen LogP contribution is -2.32. The maximum Gasteiger partial charge on any atom is 0.252 e. The number of carbonyl (C=O) groups excluding carboxylic acids is 1. The lowest BCUT2D eigenvalue weighted by molar-refractivity contribution is 0.101. The van der Waals surface area contributed by atoms with E-state index in [1.807, 2.05) is 0 Å². The molecule has 2 heterocycles. The number of H-pyrrole nitrogens is 1. The molecule has 10 heteroatoms. The van der Waals surface area contributed by atoms with Crippen LogP contribution in [0.5, 0.6) is 17.2 Å². The third-order valence-corrected chi connectivity index (χ3v) is 7.98. The molecule has 0 saturated carbocycles. The van der Waals surface area contributed by atoms with Crippen LogP contribution in [0.15, 0.2) is 76.4 Å². The Morgan fingerprint density at radius 2 is 1.73 bits per heavy atom. The Kier molecular flexibility index (Phi) is 6.45. The van der Waals surface area contributed by atoms with E-state index in [4.69, 9.17) is 14.2 Å². The zero-order valence-corrected chi connectivity index (χ0v) is 21.0. The highest BCUT2D eigenvalue weighted by atomic mass is 32.2. The van der Waals surface area contributed by atoms with Crippen LogP contribution in [0.3, 0.4) is 0 Å². The molecule has 1 aliphatic rings. The Morgan fingerprint density at radius 1 is 0.973 bits per heavy atom. The predicted octanol–water partition coefficient (Wildman–Crippen LogP) is 3.86. The fourth-order valence-corrected chi connectivity index (χ4v) is 5.55. The lowest BCUT2D eigenvalue weighted by atomic mass is 10.1. The number of ketones is 1. The summed E-state index contributed by atoms with van der Waals surface area (Å²) in [6.07, 6.45) is 0. The van der Waals surface area contributed by atoms with Gasteiger partial charge in [0.15, 0.2) is 17.3 Å². The number of rotatable bonds is 8. The molecule has 5 rings (SSSR count). The van der Waals surface area contributed by atoms with Crippen molar-refractivity contribution in [1.29, 1.82) is 0 Å². The average Bonchev–Trinajstić information content (AvgIpc) is 3.36. The third-order valence-electron chi connectivity index (χ3n) is 6.17. The molecule has 0 fully saturated rings. The summed E-state index contributed by atoms with van der Waals surface area (Å²) in [6.45, 7) is 1.31. The lowest BCUT2D eigenvalue weighted by Gasteiger charge is -2.23. The second-order valence-corrected chi connectivity index (χ2v) is 10.6. The Balaban J connectivity index is 1.54. The van der Waals surface area contributed by atoms with E-state index in [-0.39, 0.29) is 36.1 Å². The molecule has 0 unspecified atom stereocenters. The third kappa shape index (κ3) is 4.93. The van der Waals surface area contributed by atoms with Gasteiger partial charge in [0.1, 0.15) is 5.75 Å². The van der Waals surface area contributed by atoms with Gasteiger partial charge < -0.3 is 19.2 Å². The molecule has 0 radical (unpaired) electrons. The first-order chi connectivity index (χ1) is 17.7. The van der Waals surface area contributed by atoms with Crippen LogP contribution < -0.4 is 19.8 Å². The van der Waals surface area contributed by atoms with Crippen molar-refractivity contribution in [2.75, 3.05) is 13.9 Å². The number of hydrogen-bond acceptors (Lipinski definition) is 7. The summed E-state index contributed by atoms with van der Waals surface area (Å²) in [5.41, 5.74) is 1.52. The average molecular weight is 521 g/mol. The highest BCUT2D eigenvalue weighted by molar-refractivity contribution is 7.89. The van der Waals surface area contributed by atoms with Gasteiger partial charge in [0.05, 0.1) is 17.5 Å². The Hall–Kier alpha value is -4.15. The molecule has 0 aliphatic carbocycles. The number of ether oxygens (including phenoxy) is 3. The molecule has 0 amide bonds. The second kappa shape index (κ2) is 9.72. The second-order valence-electron chi connectivity index (χ2n) is 8.62. The molecule has 0 saturated heterocycles. The van der Waals surface area contributed by atoms with E-state index in [1.54, 1.807) is 42.5 Å². The molecule has 4 aromatic rings. The predicted molar refractivity (Wildman–Crippen MR) is 137 cm³/mol. The van der Waals surface area contributed by atoms with Gasteiger partial charge in [-0.2, -0.15) is 4.31 Å². The summed E-state index contributed by atoms with van der Waals surface area (Å²) >= 11 is 0. The number of carbonyl (C=O) groups is 1. The zero-order valence-electron chi connectivity index (χ0n) is 20.2. The van der Waals surface area contributed by atoms with Gasteiger partial charge in [0.25, 0.3) is 5.56 Å². The summed E-state index contributed by atoms with van der Waals surface area (Å²) in [5, 5.41) is 0.738. The maximum absolute atomic E-state index is 13.8. The van der Waals surface area contributed by atoms with Crippen molar-refractivity contribution in [3.05, 3.63) is 93.8 Å². The highest BCUT2D eigenvalue weighted by Crippen LogP contribution is 2.33. The van der Waals surface area contributed by atoms with Crippen molar-refractivity contribution in [1.82, 2.24) is 9.29 Å². The van der Waals surface area contributed by atoms with E-state index < -0.39 is 15.6 Å². The van der Waals surface area contributed by atoms with E-state index in [1.165, 1.54) is 42.6 Å². The van der Waals surface area contributed by atoms with Gasteiger partial charge >= 0.3 is 0 Å². The summed E-state index contributed by atoms with van der Waals surface area (Å²) in [6, 6.07) is 17.9. The Morgan fingerprint density at radius 3 is 2.46 bits per heavy atom. The highest BCUT2D eigenvalue weighted by Gasteiger charge is 2.27. The van der Waals surface area contributed by atoms with Gasteiger partial charge in [-0.25, -0.2) is 8.42 Å². The number of nitrogens with one attached hydrogen (secondary N) is 1. The van der Waals surface area contributed by atoms with Crippen LogP contribution in [0.4, 0.5) is 0 Å². The minimum Gasteiger partial charge on any atom is -0.497 e. The maximum atomic E-state index is 13.8. The minimum atomic E-state index is -4.06. The molecule has 1 aliphatic heterocycles. The first kappa shape index (κ1) is 24.5. The molecule has 0 atom stereocenters. The van der Waals surface area contributed by atoms with Crippen molar-refractivity contribution in [3.8, 4) is 17.2 Å². The number of benzene rings is 3. The first-order valence-electron chi connectivity index (χ1n) is 11.4. The fourth-order valence-electron chi connectivity index (χ4n) is 4.14. The van der Waals surface area contributed by atoms with E-state index >= 15 is 0 Å². The number of fused-ring (bicyclic) bond motifs is 2. The molecular weight excluding hydrogens is 496 g/mol. The van der Waals surface area contributed by atoms with E-state index in [9.17, 15) is 18.0 Å². The van der Waals surface area contributed by atoms with Crippen molar-refractivity contribution < 1.29 is 27.4 Å². The topological polar surface area (TPSA) is 115 Å². The van der Waals surface area contributed by atoms with Crippen LogP contribution in [0.2, 0.25) is 0 Å². The number of aromatic nitrogens is 1. The number of sulfonamides is 1. The van der Waals surface area contributed by atoms with Gasteiger partial charge in [-0.05, 0) is 60.3 Å². The van der Waals surface area contributed by atoms with Gasteiger partial charge in [0.2, 0.25) is 16.8 Å². The van der Waals surface area contributed by atoms with Gasteiger partial charge in [-0.1, -0.05) is 18.2 Å². The summed E-state index contributed by atoms with van der Waals surface area (Å²) < 4.78 is 44.8. The largest absolute Gasteiger partial charge is 0.497 e. The van der Waals surface area contributed by atoms with Crippen LogP contribution in [0, 0.1) is 0 Å². The van der Waals surface area contributed by atoms with Crippen LogP contribution in [-0.2, 0) is 23.1 Å². The summed E-state index contributed by atoms with van der Waals surface area (Å²) in [5.74, 6) is 1.54. The summed E-state index contributed by atoms with van der Waals surface area (Å²) in [4.78, 5) is 27.5. The van der Waals surface area contributed by atoms with Crippen molar-refractivity contribution >= 4 is 26.7 Å². The SMILES string of the molecule is COc1ccc2cc(CN(Cc3ccc4c(c3)OCO4)S(=O)(=O)c3ccc(C(C)=O)cc3)c(=O)[nH]c2c1. The Bertz CT molecular complexity index is 1660. The quantitative estimate of drug-likeness (QED) is 0.351. The fraction of sp³-hybridized carbons (Fsp3) is 0.185. The standard InChI is InChI=1S/C27H24N2O7S/c1-17(30)19-5-8-23(9-6-19)37(32,33)29(14-18-3-10-25-26(11-18)36-16-35-25)15-21-12-20-4-7-22(34-2)13-24(20)28-27(21)31/h3-13H,14-16H2,1-2H3,(H,28,31). The van der Waals surface area contributed by atoms with Gasteiger partial charge in [0, 0.05) is 30.3 Å². The zero-order chi connectivity index (χ0) is 26.2. The van der Waals surface area contributed by atoms with Crippen molar-refractivity contribution in [2.45, 2.75) is 24.9 Å². The number of aromatic amines is 1. The minimum absolute atomic E-state index is 0.0141. The molecule has 0 spiro atoms. The first-order valence-corrected chi connectivity index (χ1v) is 12.9. The van der Waals surface area contributed by atoms with E-state index in [0.717, 1.165) is 5.39 Å². The normalized spacial score (nSPS) is 12.7. The molecule has 1 aromatic heterocycles. The van der Waals surface area contributed by atoms with Crippen LogP contribution in [0.25, 0.3) is 10.9 Å². The van der Waals surface area contributed by atoms with E-state index in [2.05, 4.69) is 4.98 Å². The molecular formula is C27H24N2O7S. The smallest absolute Gasteiger partial charge is 0.252 e. The van der Waals surface area contributed by atoms with Crippen LogP contribution >= 0.6 is 0 Å². The number of Topliss-reactive ketones (excluding diaryl/α,β-unsaturated/α-hetero) is 1. The monoisotopic (exact) mass is 520 g/mol.